The van der Waals surface area contributed by atoms with Crippen molar-refractivity contribution in [3.63, 3.8) is 0 Å². The summed E-state index contributed by atoms with van der Waals surface area (Å²) in [5, 5.41) is 2.33. The van der Waals surface area contributed by atoms with E-state index < -0.39 is 21.7 Å². The summed E-state index contributed by atoms with van der Waals surface area (Å²) in [6.45, 7) is 1.90. The highest BCUT2D eigenvalue weighted by molar-refractivity contribution is 7.89. The van der Waals surface area contributed by atoms with Crippen molar-refractivity contribution < 1.29 is 22.3 Å². The summed E-state index contributed by atoms with van der Waals surface area (Å²) in [5.74, 6) is -1.42. The number of amides is 1. The lowest BCUT2D eigenvalue weighted by Gasteiger charge is -2.09. The Hall–Kier alpha value is -1.67. The maximum Gasteiger partial charge on any atom is 0.257 e. The topological polar surface area (TPSA) is 84.5 Å². The van der Waals surface area contributed by atoms with E-state index in [1.165, 1.54) is 19.2 Å². The Kier molecular flexibility index (Phi) is 6.57. The van der Waals surface area contributed by atoms with Crippen LogP contribution in [0.3, 0.4) is 0 Å². The second kappa shape index (κ2) is 7.94. The average Bonchev–Trinajstić information content (AvgIpc) is 2.45. The highest BCUT2D eigenvalue weighted by Gasteiger charge is 2.16. The van der Waals surface area contributed by atoms with Gasteiger partial charge in [0, 0.05) is 13.6 Å². The fraction of sp³-hybridized carbons (Fsp3) is 0.462. The van der Waals surface area contributed by atoms with Crippen LogP contribution in [0.4, 0.5) is 4.39 Å². The summed E-state index contributed by atoms with van der Waals surface area (Å²) in [6, 6.07) is 3.29. The van der Waals surface area contributed by atoms with E-state index in [1.807, 2.05) is 6.92 Å². The van der Waals surface area contributed by atoms with E-state index in [9.17, 15) is 17.6 Å². The number of carbonyl (C=O) groups excluding carboxylic acids is 1. The minimum atomic E-state index is -3.73. The number of nitrogens with one attached hydrogen (secondary N) is 2. The summed E-state index contributed by atoms with van der Waals surface area (Å²) in [4.78, 5) is 10.8. The summed E-state index contributed by atoms with van der Waals surface area (Å²) < 4.78 is 44.9. The summed E-state index contributed by atoms with van der Waals surface area (Å²) in [6.07, 6.45) is 1.55. The Bertz CT molecular complexity index is 590. The van der Waals surface area contributed by atoms with Crippen LogP contribution in [-0.4, -0.2) is 34.5 Å². The van der Waals surface area contributed by atoms with E-state index in [0.29, 0.717) is 13.0 Å². The van der Waals surface area contributed by atoms with Gasteiger partial charge in [0.25, 0.3) is 5.91 Å². The maximum absolute atomic E-state index is 13.8. The van der Waals surface area contributed by atoms with Crippen molar-refractivity contribution in [1.29, 1.82) is 0 Å². The lowest BCUT2D eigenvalue weighted by molar-refractivity contribution is -0.122. The lowest BCUT2D eigenvalue weighted by Crippen LogP contribution is -2.25. The number of halogens is 1. The zero-order valence-corrected chi connectivity index (χ0v) is 12.8. The molecule has 0 fully saturated rings. The van der Waals surface area contributed by atoms with Crippen LogP contribution in [0, 0.1) is 5.82 Å². The fourth-order valence-electron chi connectivity index (χ4n) is 1.45. The molecule has 0 aliphatic heterocycles. The summed E-state index contributed by atoms with van der Waals surface area (Å²) >= 11 is 0. The van der Waals surface area contributed by atoms with E-state index >= 15 is 0 Å². The molecule has 0 atom stereocenters. The zero-order chi connectivity index (χ0) is 15.9. The van der Waals surface area contributed by atoms with Gasteiger partial charge in [-0.25, -0.2) is 17.5 Å². The van der Waals surface area contributed by atoms with E-state index in [4.69, 9.17) is 4.74 Å². The van der Waals surface area contributed by atoms with Crippen molar-refractivity contribution in [2.45, 2.75) is 24.7 Å². The van der Waals surface area contributed by atoms with Crippen LogP contribution in [-0.2, 0) is 14.8 Å². The van der Waals surface area contributed by atoms with Crippen LogP contribution in [0.5, 0.6) is 5.75 Å². The van der Waals surface area contributed by atoms with Crippen molar-refractivity contribution in [3.8, 4) is 5.75 Å². The van der Waals surface area contributed by atoms with E-state index in [-0.39, 0.29) is 17.3 Å². The van der Waals surface area contributed by atoms with Gasteiger partial charge in [-0.3, -0.25) is 4.79 Å². The number of benzene rings is 1. The second-order valence-corrected chi connectivity index (χ2v) is 6.07. The van der Waals surface area contributed by atoms with Gasteiger partial charge in [0.2, 0.25) is 10.0 Å². The molecule has 0 bridgehead atoms. The molecule has 21 heavy (non-hydrogen) atoms. The van der Waals surface area contributed by atoms with Crippen LogP contribution >= 0.6 is 0 Å². The minimum Gasteiger partial charge on any atom is -0.481 e. The fourth-order valence-corrected chi connectivity index (χ4v) is 2.53. The molecule has 6 nitrogen and oxygen atoms in total. The minimum absolute atomic E-state index is 0.175. The van der Waals surface area contributed by atoms with Gasteiger partial charge in [-0.15, -0.1) is 0 Å². The molecule has 0 saturated heterocycles. The predicted molar refractivity (Wildman–Crippen MR) is 76.1 cm³/mol. The molecule has 1 amide bonds. The quantitative estimate of drug-likeness (QED) is 0.701. The number of carbonyl (C=O) groups is 1. The van der Waals surface area contributed by atoms with Crippen LogP contribution in [0.1, 0.15) is 19.8 Å². The average molecular weight is 318 g/mol. The third kappa shape index (κ3) is 5.31. The van der Waals surface area contributed by atoms with E-state index in [0.717, 1.165) is 12.5 Å². The van der Waals surface area contributed by atoms with Gasteiger partial charge >= 0.3 is 0 Å². The first-order valence-electron chi connectivity index (χ1n) is 6.53. The Morgan fingerprint density at radius 3 is 2.67 bits per heavy atom. The molecule has 0 spiro atoms. The highest BCUT2D eigenvalue weighted by Crippen LogP contribution is 2.21. The Balaban J connectivity index is 2.79. The second-order valence-electron chi connectivity index (χ2n) is 4.31. The smallest absolute Gasteiger partial charge is 0.257 e. The van der Waals surface area contributed by atoms with Gasteiger partial charge in [0.05, 0.1) is 4.90 Å². The number of likely N-dealkylation sites (N-methyl/N-ethyl adjacent to an activating group) is 1. The molecule has 1 rings (SSSR count). The number of unbranched alkanes of at least 4 members (excludes halogenated alkanes) is 1. The van der Waals surface area contributed by atoms with Crippen molar-refractivity contribution in [1.82, 2.24) is 10.0 Å². The molecule has 0 saturated carbocycles. The molecule has 1 aromatic carbocycles. The molecule has 118 valence electrons. The third-order valence-electron chi connectivity index (χ3n) is 2.67. The predicted octanol–water partition coefficient (Wildman–Crippen LogP) is 1.03. The zero-order valence-electron chi connectivity index (χ0n) is 12.0. The molecular weight excluding hydrogens is 299 g/mol. The molecule has 0 aliphatic carbocycles. The van der Waals surface area contributed by atoms with Crippen molar-refractivity contribution in [2.75, 3.05) is 20.2 Å². The molecular formula is C13H19FN2O4S. The van der Waals surface area contributed by atoms with E-state index in [1.54, 1.807) is 0 Å². The number of sulfonamides is 1. The molecule has 0 radical (unpaired) electrons. The third-order valence-corrected chi connectivity index (χ3v) is 4.13. The standard InChI is InChI=1S/C13H19FN2O4S/c1-3-4-7-16-21(18,19)10-5-6-12(11(14)8-10)20-9-13(17)15-2/h5-6,8,16H,3-4,7,9H2,1-2H3,(H,15,17). The first-order chi connectivity index (χ1) is 9.90. The molecule has 2 N–H and O–H groups in total. The molecule has 1 aromatic rings. The van der Waals surface area contributed by atoms with Gasteiger partial charge in [0.1, 0.15) is 0 Å². The van der Waals surface area contributed by atoms with Crippen molar-refractivity contribution in [3.05, 3.63) is 24.0 Å². The molecule has 0 aliphatic rings. The number of ether oxygens (including phenoxy) is 1. The Morgan fingerprint density at radius 1 is 1.38 bits per heavy atom. The number of hydrogen-bond acceptors (Lipinski definition) is 4. The normalized spacial score (nSPS) is 11.2. The largest absolute Gasteiger partial charge is 0.481 e. The maximum atomic E-state index is 13.8. The molecule has 0 aromatic heterocycles. The Labute approximate surface area is 123 Å². The SMILES string of the molecule is CCCCNS(=O)(=O)c1ccc(OCC(=O)NC)c(F)c1. The van der Waals surface area contributed by atoms with Crippen LogP contribution < -0.4 is 14.8 Å². The van der Waals surface area contributed by atoms with Crippen molar-refractivity contribution >= 4 is 15.9 Å². The van der Waals surface area contributed by atoms with Crippen molar-refractivity contribution in [2.24, 2.45) is 0 Å². The number of rotatable bonds is 8. The monoisotopic (exact) mass is 318 g/mol. The van der Waals surface area contributed by atoms with Crippen LogP contribution in [0.2, 0.25) is 0 Å². The first kappa shape index (κ1) is 17.4. The van der Waals surface area contributed by atoms with Crippen LogP contribution in [0.25, 0.3) is 0 Å². The van der Waals surface area contributed by atoms with Gasteiger partial charge in [-0.2, -0.15) is 0 Å². The van der Waals surface area contributed by atoms with Gasteiger partial charge < -0.3 is 10.1 Å². The Morgan fingerprint density at radius 2 is 2.10 bits per heavy atom. The molecule has 8 heteroatoms. The first-order valence-corrected chi connectivity index (χ1v) is 8.01. The summed E-state index contributed by atoms with van der Waals surface area (Å²) in [5.41, 5.74) is 0. The number of hydrogen-bond donors (Lipinski definition) is 2. The highest BCUT2D eigenvalue weighted by atomic mass is 32.2. The van der Waals surface area contributed by atoms with Crippen LogP contribution in [0.15, 0.2) is 23.1 Å². The molecule has 0 unspecified atom stereocenters. The lowest BCUT2D eigenvalue weighted by atomic mass is 10.3. The van der Waals surface area contributed by atoms with E-state index in [2.05, 4.69) is 10.0 Å². The molecule has 0 heterocycles. The van der Waals surface area contributed by atoms with Gasteiger partial charge in [-0.1, -0.05) is 13.3 Å². The summed E-state index contributed by atoms with van der Waals surface area (Å²) in [7, 11) is -2.30. The van der Waals surface area contributed by atoms with Gasteiger partial charge in [0.15, 0.2) is 18.2 Å². The van der Waals surface area contributed by atoms with Gasteiger partial charge in [-0.05, 0) is 24.6 Å².